The Bertz CT molecular complexity index is 768. The van der Waals surface area contributed by atoms with Gasteiger partial charge in [-0.2, -0.15) is 0 Å². The number of amides is 1. The van der Waals surface area contributed by atoms with Crippen molar-refractivity contribution in [2.75, 3.05) is 19.7 Å². The van der Waals surface area contributed by atoms with Gasteiger partial charge in [-0.25, -0.2) is 0 Å². The Morgan fingerprint density at radius 2 is 1.81 bits per heavy atom. The van der Waals surface area contributed by atoms with Crippen LogP contribution in [0.5, 0.6) is 11.5 Å². The maximum atomic E-state index is 12.9. The summed E-state index contributed by atoms with van der Waals surface area (Å²) in [6, 6.07) is 12.8. The van der Waals surface area contributed by atoms with Crippen LogP contribution in [0, 0.1) is 5.92 Å². The molecule has 5 heteroatoms. The third kappa shape index (κ3) is 5.16. The van der Waals surface area contributed by atoms with Crippen LogP contribution in [0.3, 0.4) is 0 Å². The molecule has 0 aliphatic carbocycles. The highest BCUT2D eigenvalue weighted by atomic mass is 35.5. The molecule has 3 rings (SSSR count). The molecule has 144 valence electrons. The maximum absolute atomic E-state index is 12.9. The monoisotopic (exact) mass is 387 g/mol. The van der Waals surface area contributed by atoms with Crippen LogP contribution in [0.15, 0.2) is 42.5 Å². The van der Waals surface area contributed by atoms with Crippen LogP contribution in [0.2, 0.25) is 5.02 Å². The van der Waals surface area contributed by atoms with Gasteiger partial charge in [0.15, 0.2) is 0 Å². The summed E-state index contributed by atoms with van der Waals surface area (Å²) in [5.41, 5.74) is 1.55. The van der Waals surface area contributed by atoms with E-state index in [0.29, 0.717) is 29.7 Å². The zero-order valence-corrected chi connectivity index (χ0v) is 16.7. The second-order valence-electron chi connectivity index (χ2n) is 6.97. The van der Waals surface area contributed by atoms with Gasteiger partial charge in [-0.3, -0.25) is 4.79 Å². The number of piperidine rings is 1. The van der Waals surface area contributed by atoms with Crippen molar-refractivity contribution in [3.63, 3.8) is 0 Å². The Labute approximate surface area is 166 Å². The standard InChI is InChI=1S/C22H26ClNO3/c1-3-26-21-9-4-17(22(25)24-12-10-16(2)11-13-24)14-18(21)15-27-20-7-5-19(23)6-8-20/h4-9,14,16H,3,10-13,15H2,1-2H3. The zero-order chi connectivity index (χ0) is 19.2. The molecule has 0 spiro atoms. The molecule has 1 fully saturated rings. The van der Waals surface area contributed by atoms with Crippen molar-refractivity contribution in [2.45, 2.75) is 33.3 Å². The van der Waals surface area contributed by atoms with Crippen molar-refractivity contribution in [1.29, 1.82) is 0 Å². The zero-order valence-electron chi connectivity index (χ0n) is 15.9. The maximum Gasteiger partial charge on any atom is 0.253 e. The largest absolute Gasteiger partial charge is 0.493 e. The Balaban J connectivity index is 1.75. The second-order valence-corrected chi connectivity index (χ2v) is 7.41. The first kappa shape index (κ1) is 19.6. The number of carbonyl (C=O) groups is 1. The lowest BCUT2D eigenvalue weighted by molar-refractivity contribution is 0.0697. The Kier molecular flexibility index (Phi) is 6.62. The van der Waals surface area contributed by atoms with Gasteiger partial charge in [0.1, 0.15) is 18.1 Å². The molecule has 4 nitrogen and oxygen atoms in total. The highest BCUT2D eigenvalue weighted by Gasteiger charge is 2.22. The fraction of sp³-hybridized carbons (Fsp3) is 0.409. The highest BCUT2D eigenvalue weighted by molar-refractivity contribution is 6.30. The average molecular weight is 388 g/mol. The minimum absolute atomic E-state index is 0.0812. The molecule has 27 heavy (non-hydrogen) atoms. The van der Waals surface area contributed by atoms with Gasteiger partial charge in [0.25, 0.3) is 5.91 Å². The molecule has 1 amide bonds. The number of hydrogen-bond acceptors (Lipinski definition) is 3. The summed E-state index contributed by atoms with van der Waals surface area (Å²) in [5, 5.41) is 0.667. The Morgan fingerprint density at radius 3 is 2.48 bits per heavy atom. The molecule has 0 saturated carbocycles. The van der Waals surface area contributed by atoms with Crippen LogP contribution in [-0.2, 0) is 6.61 Å². The molecule has 1 aliphatic rings. The lowest BCUT2D eigenvalue weighted by atomic mass is 9.98. The van der Waals surface area contributed by atoms with Crippen molar-refractivity contribution < 1.29 is 14.3 Å². The number of carbonyl (C=O) groups excluding carboxylic acids is 1. The first-order chi connectivity index (χ1) is 13.1. The van der Waals surface area contributed by atoms with E-state index in [1.165, 1.54) is 0 Å². The van der Waals surface area contributed by atoms with E-state index in [1.54, 1.807) is 12.1 Å². The number of nitrogens with zero attached hydrogens (tertiary/aromatic N) is 1. The molecule has 1 heterocycles. The number of ether oxygens (including phenoxy) is 2. The molecular formula is C22H26ClNO3. The molecule has 1 aliphatic heterocycles. The minimum Gasteiger partial charge on any atom is -0.493 e. The Morgan fingerprint density at radius 1 is 1.11 bits per heavy atom. The van der Waals surface area contributed by atoms with E-state index in [-0.39, 0.29) is 5.91 Å². The third-order valence-corrected chi connectivity index (χ3v) is 5.14. The topological polar surface area (TPSA) is 38.8 Å². The third-order valence-electron chi connectivity index (χ3n) is 4.89. The summed E-state index contributed by atoms with van der Waals surface area (Å²) < 4.78 is 11.6. The van der Waals surface area contributed by atoms with E-state index in [1.807, 2.05) is 42.2 Å². The predicted molar refractivity (Wildman–Crippen MR) is 108 cm³/mol. The van der Waals surface area contributed by atoms with Gasteiger partial charge in [-0.05, 0) is 68.1 Å². The number of rotatable bonds is 6. The minimum atomic E-state index is 0.0812. The molecule has 1 saturated heterocycles. The molecular weight excluding hydrogens is 362 g/mol. The summed E-state index contributed by atoms with van der Waals surface area (Å²) in [6.45, 7) is 6.72. The van der Waals surface area contributed by atoms with Crippen LogP contribution < -0.4 is 9.47 Å². The highest BCUT2D eigenvalue weighted by Crippen LogP contribution is 2.25. The summed E-state index contributed by atoms with van der Waals surface area (Å²) >= 11 is 5.92. The fourth-order valence-corrected chi connectivity index (χ4v) is 3.33. The van der Waals surface area contributed by atoms with Gasteiger partial charge < -0.3 is 14.4 Å². The van der Waals surface area contributed by atoms with Gasteiger partial charge >= 0.3 is 0 Å². The number of hydrogen-bond donors (Lipinski definition) is 0. The lowest BCUT2D eigenvalue weighted by Gasteiger charge is -2.30. The second kappa shape index (κ2) is 9.14. The molecule has 0 aromatic heterocycles. The summed E-state index contributed by atoms with van der Waals surface area (Å²) in [6.07, 6.45) is 2.13. The van der Waals surface area contributed by atoms with Gasteiger partial charge in [0.05, 0.1) is 6.61 Å². The summed E-state index contributed by atoms with van der Waals surface area (Å²) in [4.78, 5) is 14.8. The van der Waals surface area contributed by atoms with E-state index in [0.717, 1.165) is 43.0 Å². The molecule has 2 aromatic carbocycles. The van der Waals surface area contributed by atoms with Crippen LogP contribution in [0.25, 0.3) is 0 Å². The van der Waals surface area contributed by atoms with Gasteiger partial charge in [-0.15, -0.1) is 0 Å². The van der Waals surface area contributed by atoms with Gasteiger partial charge in [0.2, 0.25) is 0 Å². The first-order valence-electron chi connectivity index (χ1n) is 9.50. The molecule has 0 bridgehead atoms. The van der Waals surface area contributed by atoms with Crippen LogP contribution >= 0.6 is 11.6 Å². The molecule has 0 radical (unpaired) electrons. The van der Waals surface area contributed by atoms with E-state index in [4.69, 9.17) is 21.1 Å². The van der Waals surface area contributed by atoms with Crippen molar-refractivity contribution in [3.8, 4) is 11.5 Å². The number of halogens is 1. The van der Waals surface area contributed by atoms with E-state index in [2.05, 4.69) is 6.92 Å². The van der Waals surface area contributed by atoms with E-state index >= 15 is 0 Å². The van der Waals surface area contributed by atoms with Crippen LogP contribution in [-0.4, -0.2) is 30.5 Å². The SMILES string of the molecule is CCOc1ccc(C(=O)N2CCC(C)CC2)cc1COc1ccc(Cl)cc1. The van der Waals surface area contributed by atoms with Crippen molar-refractivity contribution in [3.05, 3.63) is 58.6 Å². The molecule has 0 N–H and O–H groups in total. The predicted octanol–water partition coefficient (Wildman–Crippen LogP) is 5.19. The number of likely N-dealkylation sites (tertiary alicyclic amines) is 1. The van der Waals surface area contributed by atoms with Crippen LogP contribution in [0.4, 0.5) is 0 Å². The van der Waals surface area contributed by atoms with Gasteiger partial charge in [0, 0.05) is 29.2 Å². The van der Waals surface area contributed by atoms with Crippen molar-refractivity contribution in [1.82, 2.24) is 4.90 Å². The normalized spacial score (nSPS) is 14.9. The number of benzene rings is 2. The molecule has 2 aromatic rings. The van der Waals surface area contributed by atoms with E-state index < -0.39 is 0 Å². The fourth-order valence-electron chi connectivity index (χ4n) is 3.21. The average Bonchev–Trinajstić information content (AvgIpc) is 2.68. The van der Waals surface area contributed by atoms with Gasteiger partial charge in [-0.1, -0.05) is 18.5 Å². The van der Waals surface area contributed by atoms with Crippen molar-refractivity contribution >= 4 is 17.5 Å². The van der Waals surface area contributed by atoms with Crippen molar-refractivity contribution in [2.24, 2.45) is 5.92 Å². The smallest absolute Gasteiger partial charge is 0.253 e. The first-order valence-corrected chi connectivity index (χ1v) is 9.88. The quantitative estimate of drug-likeness (QED) is 0.684. The lowest BCUT2D eigenvalue weighted by Crippen LogP contribution is -2.37. The van der Waals surface area contributed by atoms with E-state index in [9.17, 15) is 4.79 Å². The summed E-state index contributed by atoms with van der Waals surface area (Å²) in [7, 11) is 0. The summed E-state index contributed by atoms with van der Waals surface area (Å²) in [5.74, 6) is 2.24. The molecule has 0 unspecified atom stereocenters. The van der Waals surface area contributed by atoms with Crippen LogP contribution in [0.1, 0.15) is 42.6 Å². The molecule has 0 atom stereocenters. The Hall–Kier alpha value is -2.20.